The fourth-order valence-corrected chi connectivity index (χ4v) is 1.36. The first kappa shape index (κ1) is 9.74. The van der Waals surface area contributed by atoms with Crippen molar-refractivity contribution in [2.24, 2.45) is 5.73 Å². The first-order chi connectivity index (χ1) is 5.74. The molecule has 0 aliphatic rings. The lowest BCUT2D eigenvalue weighted by atomic mass is 10.1. The maximum Gasteiger partial charge on any atom is 0.0481 e. The summed E-state index contributed by atoms with van der Waals surface area (Å²) in [5.41, 5.74) is 7.03. The van der Waals surface area contributed by atoms with E-state index < -0.39 is 0 Å². The highest BCUT2D eigenvalue weighted by Crippen LogP contribution is 2.13. The van der Waals surface area contributed by atoms with Crippen LogP contribution in [0.3, 0.4) is 0 Å². The smallest absolute Gasteiger partial charge is 0.0481 e. The molecule has 0 bridgehead atoms. The Hall–Kier alpha value is -0.350. The summed E-state index contributed by atoms with van der Waals surface area (Å²) < 4.78 is 1.24. The molecule has 0 heterocycles. The van der Waals surface area contributed by atoms with Crippen molar-refractivity contribution in [2.75, 3.05) is 0 Å². The van der Waals surface area contributed by atoms with Crippen LogP contribution >= 0.6 is 22.6 Å². The van der Waals surface area contributed by atoms with Gasteiger partial charge in [-0.25, -0.2) is 0 Å². The summed E-state index contributed by atoms with van der Waals surface area (Å²) in [4.78, 5) is 0. The molecule has 1 nitrogen and oxygen atoms in total. The molecule has 0 spiro atoms. The minimum absolute atomic E-state index is 0.0343. The van der Waals surface area contributed by atoms with Crippen molar-refractivity contribution in [1.82, 2.24) is 0 Å². The Morgan fingerprint density at radius 1 is 1.33 bits per heavy atom. The van der Waals surface area contributed by atoms with Crippen LogP contribution in [0.4, 0.5) is 0 Å². The van der Waals surface area contributed by atoms with Crippen LogP contribution in [0.25, 0.3) is 0 Å². The number of halogens is 1. The molecule has 0 amide bonds. The zero-order chi connectivity index (χ0) is 8.97. The van der Waals surface area contributed by atoms with E-state index in [0.29, 0.717) is 0 Å². The van der Waals surface area contributed by atoms with E-state index in [2.05, 4.69) is 46.9 Å². The molecular weight excluding hydrogens is 261 g/mol. The third kappa shape index (κ3) is 2.60. The van der Waals surface area contributed by atoms with Gasteiger partial charge in [-0.15, -0.1) is 0 Å². The van der Waals surface area contributed by atoms with E-state index in [0.717, 1.165) is 5.56 Å². The van der Waals surface area contributed by atoms with Gasteiger partial charge in [0.05, 0.1) is 0 Å². The first-order valence-corrected chi connectivity index (χ1v) is 4.96. The molecule has 1 atom stereocenters. The molecule has 1 aromatic rings. The number of rotatable bonds is 2. The second kappa shape index (κ2) is 4.62. The number of benzene rings is 1. The standard InChI is InChI=1S/C10H12IN/c1-2-3-10(12)8-4-6-9(11)7-5-8/h2-7,10H,12H2,1H3/b3-2-. The van der Waals surface area contributed by atoms with Crippen molar-refractivity contribution in [3.63, 3.8) is 0 Å². The fraction of sp³-hybridized carbons (Fsp3) is 0.200. The van der Waals surface area contributed by atoms with Gasteiger partial charge in [0.2, 0.25) is 0 Å². The van der Waals surface area contributed by atoms with E-state index >= 15 is 0 Å². The SMILES string of the molecule is C/C=C\C(N)c1ccc(I)cc1. The minimum atomic E-state index is 0.0343. The predicted molar refractivity (Wildman–Crippen MR) is 60.9 cm³/mol. The van der Waals surface area contributed by atoms with Crippen LogP contribution in [0.15, 0.2) is 36.4 Å². The van der Waals surface area contributed by atoms with Gasteiger partial charge in [0.15, 0.2) is 0 Å². The average molecular weight is 273 g/mol. The van der Waals surface area contributed by atoms with Crippen molar-refractivity contribution in [1.29, 1.82) is 0 Å². The van der Waals surface area contributed by atoms with E-state index in [1.807, 2.05) is 19.1 Å². The van der Waals surface area contributed by atoms with Crippen LogP contribution in [0.2, 0.25) is 0 Å². The maximum absolute atomic E-state index is 5.87. The number of hydrogen-bond acceptors (Lipinski definition) is 1. The molecule has 1 rings (SSSR count). The molecule has 2 N–H and O–H groups in total. The summed E-state index contributed by atoms with van der Waals surface area (Å²) in [7, 11) is 0. The molecule has 12 heavy (non-hydrogen) atoms. The van der Waals surface area contributed by atoms with E-state index in [-0.39, 0.29) is 6.04 Å². The Morgan fingerprint density at radius 2 is 1.92 bits per heavy atom. The van der Waals surface area contributed by atoms with Gasteiger partial charge in [0.1, 0.15) is 0 Å². The highest BCUT2D eigenvalue weighted by molar-refractivity contribution is 14.1. The van der Waals surface area contributed by atoms with Gasteiger partial charge < -0.3 is 5.73 Å². The molecule has 0 fully saturated rings. The van der Waals surface area contributed by atoms with Crippen LogP contribution in [0.5, 0.6) is 0 Å². The molecule has 0 saturated heterocycles. The monoisotopic (exact) mass is 273 g/mol. The lowest BCUT2D eigenvalue weighted by Crippen LogP contribution is -2.06. The summed E-state index contributed by atoms with van der Waals surface area (Å²) in [6, 6.07) is 8.30. The average Bonchev–Trinajstić information content (AvgIpc) is 2.06. The second-order valence-electron chi connectivity index (χ2n) is 2.60. The molecule has 2 heteroatoms. The van der Waals surface area contributed by atoms with Crippen LogP contribution in [0, 0.1) is 3.57 Å². The van der Waals surface area contributed by atoms with Crippen molar-refractivity contribution >= 4 is 22.6 Å². The molecular formula is C10H12IN. The van der Waals surface area contributed by atoms with Crippen LogP contribution in [-0.4, -0.2) is 0 Å². The first-order valence-electron chi connectivity index (χ1n) is 3.88. The van der Waals surface area contributed by atoms with Crippen molar-refractivity contribution in [3.05, 3.63) is 45.6 Å². The number of nitrogens with two attached hydrogens (primary N) is 1. The maximum atomic E-state index is 5.87. The Bertz CT molecular complexity index is 264. The van der Waals surface area contributed by atoms with Crippen LogP contribution in [0.1, 0.15) is 18.5 Å². The summed E-state index contributed by atoms with van der Waals surface area (Å²) >= 11 is 2.28. The van der Waals surface area contributed by atoms with E-state index in [1.54, 1.807) is 0 Å². The molecule has 1 aromatic carbocycles. The molecule has 0 aliphatic carbocycles. The molecule has 1 unspecified atom stereocenters. The highest BCUT2D eigenvalue weighted by atomic mass is 127. The van der Waals surface area contributed by atoms with Crippen molar-refractivity contribution < 1.29 is 0 Å². The van der Waals surface area contributed by atoms with Crippen LogP contribution in [-0.2, 0) is 0 Å². The van der Waals surface area contributed by atoms with Gasteiger partial charge >= 0.3 is 0 Å². The Labute approximate surface area is 86.8 Å². The molecule has 64 valence electrons. The van der Waals surface area contributed by atoms with Gasteiger partial charge in [-0.05, 0) is 47.2 Å². The largest absolute Gasteiger partial charge is 0.321 e. The van der Waals surface area contributed by atoms with Crippen LogP contribution < -0.4 is 5.73 Å². The number of allylic oxidation sites excluding steroid dienone is 1. The van der Waals surface area contributed by atoms with Gasteiger partial charge in [-0.2, -0.15) is 0 Å². The van der Waals surface area contributed by atoms with Gasteiger partial charge in [0, 0.05) is 9.61 Å². The second-order valence-corrected chi connectivity index (χ2v) is 3.85. The quantitative estimate of drug-likeness (QED) is 0.650. The molecule has 0 aromatic heterocycles. The summed E-state index contributed by atoms with van der Waals surface area (Å²) in [6.45, 7) is 1.98. The normalized spacial score (nSPS) is 13.6. The third-order valence-electron chi connectivity index (χ3n) is 1.65. The zero-order valence-corrected chi connectivity index (χ0v) is 9.15. The Kier molecular flexibility index (Phi) is 3.75. The lowest BCUT2D eigenvalue weighted by Gasteiger charge is -2.05. The van der Waals surface area contributed by atoms with E-state index in [4.69, 9.17) is 5.73 Å². The molecule has 0 saturated carbocycles. The van der Waals surface area contributed by atoms with Crippen molar-refractivity contribution in [3.8, 4) is 0 Å². The molecule has 0 radical (unpaired) electrons. The van der Waals surface area contributed by atoms with Gasteiger partial charge in [0.25, 0.3) is 0 Å². The molecule has 0 aliphatic heterocycles. The predicted octanol–water partition coefficient (Wildman–Crippen LogP) is 2.87. The zero-order valence-electron chi connectivity index (χ0n) is 7.00. The minimum Gasteiger partial charge on any atom is -0.321 e. The van der Waals surface area contributed by atoms with E-state index in [1.165, 1.54) is 3.57 Å². The Balaban J connectivity index is 2.82. The topological polar surface area (TPSA) is 26.0 Å². The lowest BCUT2D eigenvalue weighted by molar-refractivity contribution is 0.909. The van der Waals surface area contributed by atoms with Gasteiger partial charge in [-0.3, -0.25) is 0 Å². The van der Waals surface area contributed by atoms with Gasteiger partial charge in [-0.1, -0.05) is 24.3 Å². The third-order valence-corrected chi connectivity index (χ3v) is 2.37. The Morgan fingerprint density at radius 3 is 2.42 bits per heavy atom. The van der Waals surface area contributed by atoms with Crippen molar-refractivity contribution in [2.45, 2.75) is 13.0 Å². The fourth-order valence-electron chi connectivity index (χ4n) is 1.00. The summed E-state index contributed by atoms with van der Waals surface area (Å²) in [5.74, 6) is 0. The summed E-state index contributed by atoms with van der Waals surface area (Å²) in [6.07, 6.45) is 3.96. The number of hydrogen-bond donors (Lipinski definition) is 1. The summed E-state index contributed by atoms with van der Waals surface area (Å²) in [5, 5.41) is 0. The highest BCUT2D eigenvalue weighted by Gasteiger charge is 1.99. The van der Waals surface area contributed by atoms with E-state index in [9.17, 15) is 0 Å².